The summed E-state index contributed by atoms with van der Waals surface area (Å²) in [6, 6.07) is 6.54. The topological polar surface area (TPSA) is 34.1 Å². The van der Waals surface area contributed by atoms with E-state index >= 15 is 0 Å². The Bertz CT molecular complexity index is 891. The number of hydrogen-bond acceptors (Lipinski definition) is 2. The van der Waals surface area contributed by atoms with Gasteiger partial charge in [0.25, 0.3) is 0 Å². The minimum absolute atomic E-state index is 0.0832. The zero-order valence-electron chi connectivity index (χ0n) is 15.1. The van der Waals surface area contributed by atoms with Crippen molar-refractivity contribution in [1.82, 2.24) is 0 Å². The zero-order chi connectivity index (χ0) is 21.5. The molecule has 0 saturated carbocycles. The van der Waals surface area contributed by atoms with E-state index in [4.69, 9.17) is 0 Å². The van der Waals surface area contributed by atoms with Crippen molar-refractivity contribution in [2.75, 3.05) is 0 Å². The average Bonchev–Trinajstić information content (AvgIpc) is 2.57. The van der Waals surface area contributed by atoms with Crippen LogP contribution in [0, 0.1) is 0 Å². The second-order valence-corrected chi connectivity index (χ2v) is 9.45. The van der Waals surface area contributed by atoms with Gasteiger partial charge in [-0.2, -0.15) is 26.3 Å². The molecule has 2 aromatic carbocycles. The highest BCUT2D eigenvalue weighted by Gasteiger charge is 2.43. The molecule has 0 aliphatic heterocycles. The first-order valence-electron chi connectivity index (χ1n) is 8.04. The highest BCUT2D eigenvalue weighted by Crippen LogP contribution is 2.42. The van der Waals surface area contributed by atoms with Crippen LogP contribution < -0.4 is 5.30 Å². The smallest absolute Gasteiger partial charge is 0.289 e. The van der Waals surface area contributed by atoms with E-state index in [2.05, 4.69) is 0 Å². The first kappa shape index (κ1) is 22.1. The molecule has 0 N–H and O–H groups in total. The predicted octanol–water partition coefficient (Wildman–Crippen LogP) is 6.21. The number of ketones is 1. The summed E-state index contributed by atoms with van der Waals surface area (Å²) in [5.41, 5.74) is -5.31. The van der Waals surface area contributed by atoms with Crippen molar-refractivity contribution < 1.29 is 35.7 Å². The molecule has 0 fully saturated rings. The van der Waals surface area contributed by atoms with Gasteiger partial charge in [0, 0.05) is 21.6 Å². The van der Waals surface area contributed by atoms with Gasteiger partial charge in [-0.3, -0.25) is 9.36 Å². The van der Waals surface area contributed by atoms with Crippen LogP contribution in [0.3, 0.4) is 0 Å². The lowest BCUT2D eigenvalue weighted by Gasteiger charge is -2.21. The number of halogens is 6. The van der Waals surface area contributed by atoms with Crippen molar-refractivity contribution in [1.29, 1.82) is 0 Å². The number of benzene rings is 2. The Morgan fingerprint density at radius 3 is 1.68 bits per heavy atom. The summed E-state index contributed by atoms with van der Waals surface area (Å²) in [5.74, 6) is -1.47. The third-order valence-corrected chi connectivity index (χ3v) is 5.93. The fourth-order valence-electron chi connectivity index (χ4n) is 2.61. The quantitative estimate of drug-likeness (QED) is 0.336. The number of carbonyl (C=O) groups excluding carboxylic acids is 1. The Hall–Kier alpha value is -2.21. The normalized spacial score (nSPS) is 13.4. The van der Waals surface area contributed by atoms with Gasteiger partial charge in [0.15, 0.2) is 5.78 Å². The maximum atomic E-state index is 13.4. The first-order chi connectivity index (χ1) is 12.7. The largest absolute Gasteiger partial charge is 0.417 e. The molecule has 0 aliphatic carbocycles. The maximum Gasteiger partial charge on any atom is 0.417 e. The number of hydrogen-bond donors (Lipinski definition) is 0. The minimum atomic E-state index is -5.17. The molecule has 2 rings (SSSR count). The highest BCUT2D eigenvalue weighted by molar-refractivity contribution is 7.55. The Balaban J connectivity index is 2.81. The summed E-state index contributed by atoms with van der Waals surface area (Å²) in [4.78, 5) is 12.9. The second-order valence-electron chi connectivity index (χ2n) is 7.04. The highest BCUT2D eigenvalue weighted by atomic mass is 31.1. The minimum Gasteiger partial charge on any atom is -0.289 e. The first-order valence-corrected chi connectivity index (χ1v) is 9.30. The third-order valence-electron chi connectivity index (χ3n) is 3.88. The van der Waals surface area contributed by atoms with E-state index in [9.17, 15) is 35.7 Å². The van der Waals surface area contributed by atoms with Gasteiger partial charge in [-0.1, -0.05) is 18.2 Å². The zero-order valence-corrected chi connectivity index (χ0v) is 16.0. The molecule has 2 nitrogen and oxygen atoms in total. The van der Waals surface area contributed by atoms with E-state index in [-0.39, 0.29) is 5.30 Å². The van der Waals surface area contributed by atoms with E-state index in [1.165, 1.54) is 18.2 Å². The van der Waals surface area contributed by atoms with E-state index in [0.29, 0.717) is 18.2 Å². The van der Waals surface area contributed by atoms with Crippen LogP contribution in [-0.4, -0.2) is 10.9 Å². The predicted molar refractivity (Wildman–Crippen MR) is 93.3 cm³/mol. The van der Waals surface area contributed by atoms with Gasteiger partial charge in [-0.05, 0) is 45.0 Å². The van der Waals surface area contributed by atoms with Crippen LogP contribution in [0.15, 0.2) is 42.5 Å². The monoisotopic (exact) mass is 421 g/mol. The summed E-state index contributed by atoms with van der Waals surface area (Å²) < 4.78 is 92.9. The molecule has 0 amide bonds. The van der Waals surface area contributed by atoms with E-state index in [0.717, 1.165) is 6.07 Å². The molecule has 2 aromatic rings. The van der Waals surface area contributed by atoms with Gasteiger partial charge < -0.3 is 0 Å². The molecular weight excluding hydrogens is 405 g/mol. The lowest BCUT2D eigenvalue weighted by molar-refractivity contribution is -0.143. The molecule has 0 saturated heterocycles. The second kappa shape index (κ2) is 7.32. The van der Waals surface area contributed by atoms with Gasteiger partial charge in [0.2, 0.25) is 0 Å². The summed E-state index contributed by atoms with van der Waals surface area (Å²) >= 11 is 0. The Morgan fingerprint density at radius 1 is 0.786 bits per heavy atom. The molecule has 28 heavy (non-hydrogen) atoms. The lowest BCUT2D eigenvalue weighted by Crippen LogP contribution is -2.25. The standard InChI is InChI=1S/C19H16F6O2P/c1-17(2,3)28(27)14-10-5-4-7-11(14)16(26)15-12(18(20,21)22)8-6-9-13(15)19(23,24)25/h4-10H,1-3H3. The molecule has 0 bridgehead atoms. The van der Waals surface area contributed by atoms with Crippen molar-refractivity contribution >= 4 is 18.9 Å². The van der Waals surface area contributed by atoms with Crippen molar-refractivity contribution in [2.45, 2.75) is 38.3 Å². The number of rotatable bonds is 3. The van der Waals surface area contributed by atoms with Gasteiger partial charge in [0.1, 0.15) is 7.80 Å². The third kappa shape index (κ3) is 4.43. The maximum absolute atomic E-state index is 13.4. The van der Waals surface area contributed by atoms with E-state index in [1.807, 2.05) is 0 Å². The summed E-state index contributed by atoms with van der Waals surface area (Å²) in [6.45, 7) is 4.79. The Labute approximate surface area is 158 Å². The summed E-state index contributed by atoms with van der Waals surface area (Å²) in [5, 5.41) is -0.928. The molecule has 0 aromatic heterocycles. The lowest BCUT2D eigenvalue weighted by atomic mass is 9.92. The average molecular weight is 421 g/mol. The van der Waals surface area contributed by atoms with Gasteiger partial charge in [-0.25, -0.2) is 0 Å². The van der Waals surface area contributed by atoms with Crippen LogP contribution in [-0.2, 0) is 16.9 Å². The molecule has 9 heteroatoms. The Kier molecular flexibility index (Phi) is 5.77. The van der Waals surface area contributed by atoms with Crippen molar-refractivity contribution in [3.8, 4) is 0 Å². The van der Waals surface area contributed by atoms with Crippen molar-refractivity contribution in [2.24, 2.45) is 0 Å². The van der Waals surface area contributed by atoms with Crippen LogP contribution in [0.4, 0.5) is 26.3 Å². The van der Waals surface area contributed by atoms with Crippen molar-refractivity contribution in [3.05, 3.63) is 64.7 Å². The summed E-state index contributed by atoms with van der Waals surface area (Å²) in [6.07, 6.45) is -10.3. The Morgan fingerprint density at radius 2 is 1.25 bits per heavy atom. The van der Waals surface area contributed by atoms with E-state index in [1.54, 1.807) is 20.8 Å². The van der Waals surface area contributed by atoms with Crippen LogP contribution in [0.25, 0.3) is 0 Å². The molecule has 1 radical (unpaired) electrons. The van der Waals surface area contributed by atoms with Crippen LogP contribution >= 0.6 is 7.80 Å². The molecular formula is C19H16F6O2P. The molecule has 151 valence electrons. The number of alkyl halides is 6. The SMILES string of the molecule is CC(C)(C)[P](=O)c1ccccc1C(=O)c1c(C(F)(F)F)cccc1C(F)(F)F. The van der Waals surface area contributed by atoms with E-state index < -0.39 is 53.3 Å². The molecule has 1 atom stereocenters. The fourth-order valence-corrected chi connectivity index (χ4v) is 3.95. The van der Waals surface area contributed by atoms with Gasteiger partial charge >= 0.3 is 12.4 Å². The fraction of sp³-hybridized carbons (Fsp3) is 0.316. The van der Waals surface area contributed by atoms with Gasteiger partial charge in [-0.15, -0.1) is 0 Å². The van der Waals surface area contributed by atoms with Crippen LogP contribution in [0.1, 0.15) is 47.8 Å². The molecule has 0 heterocycles. The molecule has 0 aliphatic rings. The number of carbonyl (C=O) groups is 1. The van der Waals surface area contributed by atoms with Gasteiger partial charge in [0.05, 0.1) is 11.1 Å². The molecule has 0 spiro atoms. The molecule has 1 unspecified atom stereocenters. The van der Waals surface area contributed by atoms with Crippen LogP contribution in [0.5, 0.6) is 0 Å². The van der Waals surface area contributed by atoms with Crippen LogP contribution in [0.2, 0.25) is 0 Å². The van der Waals surface area contributed by atoms with Crippen molar-refractivity contribution in [3.63, 3.8) is 0 Å². The summed E-state index contributed by atoms with van der Waals surface area (Å²) in [7, 11) is -2.27.